The van der Waals surface area contributed by atoms with Crippen molar-refractivity contribution in [2.75, 3.05) is 46.1 Å². The van der Waals surface area contributed by atoms with E-state index in [-0.39, 0.29) is 50.3 Å². The van der Waals surface area contributed by atoms with Crippen LogP contribution in [0, 0.1) is 17.8 Å². The number of hydrogen-bond acceptors (Lipinski definition) is 16. The van der Waals surface area contributed by atoms with Crippen molar-refractivity contribution >= 4 is 34.6 Å². The summed E-state index contributed by atoms with van der Waals surface area (Å²) in [7, 11) is 3.80. The zero-order valence-corrected chi connectivity index (χ0v) is 38.9. The van der Waals surface area contributed by atoms with Crippen LogP contribution in [-0.4, -0.2) is 143 Å². The molecule has 0 spiro atoms. The summed E-state index contributed by atoms with van der Waals surface area (Å²) < 4.78 is 33.0. The molecule has 2 bridgehead atoms. The number of nitrogen functional groups attached to an aromatic ring is 1. The molecule has 342 valence electrons. The maximum Gasteiger partial charge on any atom is 0.316 e. The number of carbonyl (C=O) groups is 2. The second kappa shape index (κ2) is 21.1. The number of ketones is 1. The van der Waals surface area contributed by atoms with Crippen molar-refractivity contribution in [3.63, 3.8) is 0 Å². The van der Waals surface area contributed by atoms with Crippen molar-refractivity contribution in [2.45, 2.75) is 155 Å². The summed E-state index contributed by atoms with van der Waals surface area (Å²) in [5, 5.41) is 28.8. The maximum absolute atomic E-state index is 14.6. The number of nitrogens with two attached hydrogens (primary N) is 1. The van der Waals surface area contributed by atoms with Crippen LogP contribution < -0.4 is 5.73 Å². The van der Waals surface area contributed by atoms with E-state index < -0.39 is 65.5 Å². The molecule has 0 amide bonds. The number of aromatic nitrogens is 1. The fourth-order valence-electron chi connectivity index (χ4n) is 9.31. The number of esters is 1. The first-order chi connectivity index (χ1) is 28.8. The van der Waals surface area contributed by atoms with Crippen LogP contribution in [-0.2, 0) is 44.7 Å². The van der Waals surface area contributed by atoms with Gasteiger partial charge in [-0.25, -0.2) is 4.98 Å². The van der Waals surface area contributed by atoms with E-state index in [0.717, 1.165) is 28.4 Å². The first-order valence-corrected chi connectivity index (χ1v) is 22.7. The van der Waals surface area contributed by atoms with Crippen LogP contribution in [0.5, 0.6) is 0 Å². The van der Waals surface area contributed by atoms with E-state index in [9.17, 15) is 19.8 Å². The molecule has 4 N–H and O–H groups in total. The van der Waals surface area contributed by atoms with E-state index in [2.05, 4.69) is 28.9 Å². The molecular formula is C45H71N5O10S. The second-order valence-electron chi connectivity index (χ2n) is 18.1. The van der Waals surface area contributed by atoms with Gasteiger partial charge in [-0.2, -0.15) is 0 Å². The zero-order chi connectivity index (χ0) is 44.8. The molecule has 0 radical (unpaired) electrons. The third kappa shape index (κ3) is 11.8. The highest BCUT2D eigenvalue weighted by Gasteiger charge is 2.52. The molecule has 16 heteroatoms. The number of Topliss-reactive ketones (excluding diaryl/α,β-unsaturated/α-hetero) is 1. The number of aliphatic hydroxyl groups is 2. The van der Waals surface area contributed by atoms with E-state index in [4.69, 9.17) is 34.3 Å². The molecule has 0 saturated carbocycles. The smallest absolute Gasteiger partial charge is 0.316 e. The van der Waals surface area contributed by atoms with Gasteiger partial charge in [-0.05, 0) is 111 Å². The fraction of sp³-hybridized carbons (Fsp3) is 0.733. The fourth-order valence-corrected chi connectivity index (χ4v) is 10.2. The van der Waals surface area contributed by atoms with Crippen LogP contribution in [0.15, 0.2) is 35.5 Å². The Morgan fingerprint density at radius 3 is 2.49 bits per heavy atom. The second-order valence-corrected chi connectivity index (χ2v) is 19.3. The number of pyridine rings is 1. The molecule has 4 saturated heterocycles. The van der Waals surface area contributed by atoms with Crippen molar-refractivity contribution in [3.05, 3.63) is 35.2 Å². The van der Waals surface area contributed by atoms with E-state index in [1.54, 1.807) is 19.9 Å². The van der Waals surface area contributed by atoms with Gasteiger partial charge in [-0.1, -0.05) is 38.9 Å². The number of rotatable bonds is 10. The third-order valence-corrected chi connectivity index (χ3v) is 13.7. The van der Waals surface area contributed by atoms with Gasteiger partial charge in [0.25, 0.3) is 0 Å². The molecule has 0 unspecified atom stereocenters. The Morgan fingerprint density at radius 1 is 1.08 bits per heavy atom. The molecule has 2 aromatic heterocycles. The van der Waals surface area contributed by atoms with Gasteiger partial charge in [0.15, 0.2) is 18.7 Å². The summed E-state index contributed by atoms with van der Waals surface area (Å²) in [6, 6.07) is 9.02. The molecule has 6 rings (SSSR count). The maximum atomic E-state index is 14.6. The summed E-state index contributed by atoms with van der Waals surface area (Å²) in [5.41, 5.74) is 4.19. The van der Waals surface area contributed by atoms with Gasteiger partial charge in [0, 0.05) is 29.4 Å². The highest BCUT2D eigenvalue weighted by atomic mass is 32.1. The minimum Gasteiger partial charge on any atom is -0.459 e. The lowest BCUT2D eigenvalue weighted by Crippen LogP contribution is -2.60. The molecule has 4 aliphatic rings. The standard InChI is InChI=1S/C45H71N5O10S/c1-12-19-50-22-26(3)40-45(9,54)36(13-2)59-42(53)30(7)38(51)29(6)41(60-43-39(52)34(49(10)11)20-28(5)58-43)44(8,21-27(50)4)56-24-31(23-55-40)48-57-25-32-17-18-35(61-32)33-15-14-16-37(46)47-33/h14-18,26-30,34,36,39-41,43,52,54H,12-13,19-25H2,1-11H3,(H2,46,47)/b48-31+/t26-,27+,28+,29-,30+,34-,36+,39+,40+,41+,43-,44+,45+/m0/s1. The summed E-state index contributed by atoms with van der Waals surface area (Å²) >= 11 is 1.51. The zero-order valence-electron chi connectivity index (χ0n) is 38.0. The number of aliphatic hydroxyl groups excluding tert-OH is 1. The van der Waals surface area contributed by atoms with Gasteiger partial charge in [0.05, 0.1) is 47.7 Å². The molecule has 13 atom stereocenters. The van der Waals surface area contributed by atoms with Gasteiger partial charge >= 0.3 is 5.97 Å². The molecule has 61 heavy (non-hydrogen) atoms. The lowest BCUT2D eigenvalue weighted by Gasteiger charge is -2.48. The Morgan fingerprint density at radius 2 is 1.82 bits per heavy atom. The third-order valence-electron chi connectivity index (χ3n) is 12.7. The number of anilines is 1. The number of oxime groups is 1. The van der Waals surface area contributed by atoms with Crippen LogP contribution in [0.25, 0.3) is 10.6 Å². The first-order valence-electron chi connectivity index (χ1n) is 21.9. The number of thiophene rings is 1. The largest absolute Gasteiger partial charge is 0.459 e. The van der Waals surface area contributed by atoms with Crippen molar-refractivity contribution in [1.29, 1.82) is 0 Å². The van der Waals surface area contributed by atoms with E-state index >= 15 is 0 Å². The van der Waals surface area contributed by atoms with Crippen molar-refractivity contribution in [1.82, 2.24) is 14.8 Å². The molecule has 0 aliphatic carbocycles. The lowest BCUT2D eigenvalue weighted by atomic mass is 9.79. The highest BCUT2D eigenvalue weighted by Crippen LogP contribution is 2.38. The Balaban J connectivity index is 1.61. The molecule has 6 heterocycles. The summed E-state index contributed by atoms with van der Waals surface area (Å²) in [5.74, 6) is -3.16. The Hall–Kier alpha value is -3.06. The molecule has 4 aliphatic heterocycles. The molecular weight excluding hydrogens is 803 g/mol. The van der Waals surface area contributed by atoms with Crippen LogP contribution in [0.3, 0.4) is 0 Å². The van der Waals surface area contributed by atoms with Crippen molar-refractivity contribution < 1.29 is 48.3 Å². The van der Waals surface area contributed by atoms with Gasteiger partial charge < -0.3 is 54.3 Å². The van der Waals surface area contributed by atoms with E-state index in [1.165, 1.54) is 18.3 Å². The number of nitrogens with zero attached hydrogens (tertiary/aromatic N) is 4. The first kappa shape index (κ1) is 49.0. The minimum absolute atomic E-state index is 0.0826. The summed E-state index contributed by atoms with van der Waals surface area (Å²) in [4.78, 5) is 45.1. The number of hydrogen-bond donors (Lipinski definition) is 3. The predicted molar refractivity (Wildman–Crippen MR) is 235 cm³/mol. The van der Waals surface area contributed by atoms with Crippen molar-refractivity contribution in [3.8, 4) is 10.6 Å². The monoisotopic (exact) mass is 873 g/mol. The van der Waals surface area contributed by atoms with Crippen molar-refractivity contribution in [2.24, 2.45) is 22.9 Å². The highest BCUT2D eigenvalue weighted by molar-refractivity contribution is 7.15. The minimum atomic E-state index is -1.67. The van der Waals surface area contributed by atoms with Crippen LogP contribution in [0.2, 0.25) is 0 Å². The molecule has 2 aromatic rings. The molecule has 15 nitrogen and oxygen atoms in total. The van der Waals surface area contributed by atoms with Crippen LogP contribution in [0.4, 0.5) is 5.82 Å². The topological polar surface area (TPSA) is 188 Å². The Kier molecular flexibility index (Phi) is 16.9. The lowest BCUT2D eigenvalue weighted by molar-refractivity contribution is -0.296. The van der Waals surface area contributed by atoms with Gasteiger partial charge in [0.1, 0.15) is 35.3 Å². The summed E-state index contributed by atoms with van der Waals surface area (Å²) in [6.45, 7) is 18.1. The SMILES string of the molecule is CCCN1C[C@H](C)[C@H]2OC/C(=N\OCc3ccc(-c4cccc(N)n4)s3)CO[C@](C)(C[C@H]1C)[C@H](O[C@@H]1O[C@H](C)C[C@H](N(C)C)[C@H]1O)[C@@H](C)C(=O)[C@@H](C)C(=O)O[C@H](CC)[C@@]2(C)O. The van der Waals surface area contributed by atoms with Gasteiger partial charge in [-0.3, -0.25) is 9.59 Å². The number of fused-ring (bicyclic) bond motifs is 15. The Bertz CT molecular complexity index is 1790. The molecule has 0 aromatic carbocycles. The quantitative estimate of drug-likeness (QED) is 0.159. The molecule has 4 fully saturated rings. The van der Waals surface area contributed by atoms with Crippen LogP contribution in [0.1, 0.15) is 92.9 Å². The summed E-state index contributed by atoms with van der Waals surface area (Å²) in [6.07, 6.45) is -3.17. The predicted octanol–water partition coefficient (Wildman–Crippen LogP) is 5.30. The average molecular weight is 874 g/mol. The van der Waals surface area contributed by atoms with Gasteiger partial charge in [0.2, 0.25) is 0 Å². The average Bonchev–Trinajstić information content (AvgIpc) is 3.68. The number of carbonyl (C=O) groups excluding carboxylic acids is 2. The van der Waals surface area contributed by atoms with E-state index in [0.29, 0.717) is 30.9 Å². The van der Waals surface area contributed by atoms with Gasteiger partial charge in [-0.15, -0.1) is 11.3 Å². The number of ether oxygens (including phenoxy) is 5. The Labute approximate surface area is 366 Å². The normalized spacial score (nSPS) is 37.1. The van der Waals surface area contributed by atoms with Crippen LogP contribution >= 0.6 is 11.3 Å². The van der Waals surface area contributed by atoms with E-state index in [1.807, 2.05) is 71.0 Å². The number of likely N-dealkylation sites (N-methyl/N-ethyl adjacent to an activating group) is 1.